The molecule has 0 aliphatic carbocycles. The van der Waals surface area contributed by atoms with Crippen molar-refractivity contribution in [1.82, 2.24) is 14.9 Å². The van der Waals surface area contributed by atoms with Gasteiger partial charge >= 0.3 is 0 Å². The summed E-state index contributed by atoms with van der Waals surface area (Å²) in [5.41, 5.74) is 7.65. The minimum atomic E-state index is -0.530. The summed E-state index contributed by atoms with van der Waals surface area (Å²) in [5.74, 6) is 6.32. The first kappa shape index (κ1) is 23.7. The SMILES string of the molecule is CCN(CC)CC(O)CCC(=O)c1ccc(C#Cc2c(N)ncc3ccc(Cl)cc23)cn1. The number of pyridine rings is 2. The van der Waals surface area contributed by atoms with Gasteiger partial charge in [0.2, 0.25) is 0 Å². The van der Waals surface area contributed by atoms with Gasteiger partial charge in [-0.25, -0.2) is 4.98 Å². The van der Waals surface area contributed by atoms with E-state index in [1.807, 2.05) is 12.1 Å². The van der Waals surface area contributed by atoms with Crippen LogP contribution in [0.15, 0.2) is 42.7 Å². The molecule has 7 heteroatoms. The van der Waals surface area contributed by atoms with Crippen molar-refractivity contribution in [2.75, 3.05) is 25.4 Å². The largest absolute Gasteiger partial charge is 0.392 e. The number of ketones is 1. The standard InChI is InChI=1S/C25H27ClN4O2/c1-3-30(4-2)16-20(31)9-12-24(32)23-11-6-17(14-28-23)5-10-21-22-13-19(26)8-7-18(22)15-29-25(21)27/h6-8,11,13-15,20,31H,3-4,9,12,16H2,1-2H3,(H2,27,29). The van der Waals surface area contributed by atoms with Crippen LogP contribution in [0.4, 0.5) is 5.82 Å². The Kier molecular flexibility index (Phi) is 8.18. The number of rotatable bonds is 8. The number of Topliss-reactive ketones (excluding diaryl/α,β-unsaturated/α-hetero) is 1. The van der Waals surface area contributed by atoms with Crippen molar-refractivity contribution >= 4 is 34.0 Å². The number of aliphatic hydroxyl groups excluding tert-OH is 1. The summed E-state index contributed by atoms with van der Waals surface area (Å²) >= 11 is 6.12. The fourth-order valence-electron chi connectivity index (χ4n) is 3.39. The van der Waals surface area contributed by atoms with Crippen LogP contribution in [0.2, 0.25) is 5.02 Å². The number of hydrogen-bond donors (Lipinski definition) is 2. The lowest BCUT2D eigenvalue weighted by Gasteiger charge is -2.21. The zero-order valence-electron chi connectivity index (χ0n) is 18.3. The highest BCUT2D eigenvalue weighted by atomic mass is 35.5. The van der Waals surface area contributed by atoms with E-state index in [0.717, 1.165) is 23.9 Å². The zero-order chi connectivity index (χ0) is 23.1. The third-order valence-corrected chi connectivity index (χ3v) is 5.57. The molecule has 32 heavy (non-hydrogen) atoms. The molecular weight excluding hydrogens is 424 g/mol. The minimum Gasteiger partial charge on any atom is -0.392 e. The van der Waals surface area contributed by atoms with Gasteiger partial charge in [-0.05, 0) is 43.8 Å². The van der Waals surface area contributed by atoms with E-state index in [4.69, 9.17) is 17.3 Å². The Hall–Kier alpha value is -2.98. The monoisotopic (exact) mass is 450 g/mol. The number of nitrogens with zero attached hydrogens (tertiary/aromatic N) is 3. The van der Waals surface area contributed by atoms with Crippen molar-refractivity contribution < 1.29 is 9.90 Å². The smallest absolute Gasteiger partial charge is 0.181 e. The quantitative estimate of drug-likeness (QED) is 0.399. The second-order valence-corrected chi connectivity index (χ2v) is 7.97. The molecule has 0 bridgehead atoms. The number of anilines is 1. The lowest BCUT2D eigenvalue weighted by Crippen LogP contribution is -2.32. The van der Waals surface area contributed by atoms with Crippen LogP contribution in [0.25, 0.3) is 10.8 Å². The van der Waals surface area contributed by atoms with Crippen LogP contribution in [0.1, 0.15) is 48.3 Å². The number of benzene rings is 1. The molecule has 0 amide bonds. The first-order chi connectivity index (χ1) is 15.4. The maximum absolute atomic E-state index is 12.4. The summed E-state index contributed by atoms with van der Waals surface area (Å²) in [5, 5.41) is 12.5. The average molecular weight is 451 g/mol. The summed E-state index contributed by atoms with van der Waals surface area (Å²) in [6.45, 7) is 6.42. The Balaban J connectivity index is 1.68. The van der Waals surface area contributed by atoms with Crippen molar-refractivity contribution in [3.05, 3.63) is 64.6 Å². The molecule has 1 atom stereocenters. The number of aromatic nitrogens is 2. The second-order valence-electron chi connectivity index (χ2n) is 7.53. The number of aliphatic hydroxyl groups is 1. The predicted octanol–water partition coefficient (Wildman–Crippen LogP) is 3.93. The molecule has 3 aromatic rings. The summed E-state index contributed by atoms with van der Waals surface area (Å²) in [6, 6.07) is 8.89. The molecule has 6 nitrogen and oxygen atoms in total. The number of nitrogens with two attached hydrogens (primary N) is 1. The highest BCUT2D eigenvalue weighted by Crippen LogP contribution is 2.24. The van der Waals surface area contributed by atoms with E-state index in [1.54, 1.807) is 30.6 Å². The number of halogens is 1. The lowest BCUT2D eigenvalue weighted by molar-refractivity contribution is 0.0873. The van der Waals surface area contributed by atoms with Crippen LogP contribution in [0, 0.1) is 11.8 Å². The number of likely N-dealkylation sites (N-methyl/N-ethyl adjacent to an activating group) is 1. The topological polar surface area (TPSA) is 92.3 Å². The molecule has 0 aliphatic rings. The van der Waals surface area contributed by atoms with Crippen molar-refractivity contribution in [1.29, 1.82) is 0 Å². The Morgan fingerprint density at radius 1 is 1.16 bits per heavy atom. The molecular formula is C25H27ClN4O2. The van der Waals surface area contributed by atoms with Gasteiger partial charge in [0.15, 0.2) is 5.78 Å². The summed E-state index contributed by atoms with van der Waals surface area (Å²) in [4.78, 5) is 23.0. The van der Waals surface area contributed by atoms with Crippen LogP contribution in [-0.4, -0.2) is 51.5 Å². The van der Waals surface area contributed by atoms with Gasteiger partial charge in [-0.2, -0.15) is 0 Å². The second kappa shape index (κ2) is 11.1. The molecule has 0 saturated heterocycles. The first-order valence-corrected chi connectivity index (χ1v) is 11.0. The molecule has 3 N–H and O–H groups in total. The van der Waals surface area contributed by atoms with Gasteiger partial charge in [-0.15, -0.1) is 0 Å². The Labute approximate surface area is 193 Å². The van der Waals surface area contributed by atoms with E-state index in [1.165, 1.54) is 0 Å². The summed E-state index contributed by atoms with van der Waals surface area (Å²) in [6.07, 6.45) is 3.38. The van der Waals surface area contributed by atoms with E-state index in [9.17, 15) is 9.90 Å². The van der Waals surface area contributed by atoms with Crippen LogP contribution in [-0.2, 0) is 0 Å². The molecule has 0 spiro atoms. The number of fused-ring (bicyclic) bond motifs is 1. The number of hydrogen-bond acceptors (Lipinski definition) is 6. The molecule has 2 heterocycles. The molecule has 0 aliphatic heterocycles. The number of carbonyl (C=O) groups excluding carboxylic acids is 1. The fourth-order valence-corrected chi connectivity index (χ4v) is 3.57. The van der Waals surface area contributed by atoms with E-state index >= 15 is 0 Å². The molecule has 2 aromatic heterocycles. The number of carbonyl (C=O) groups is 1. The van der Waals surface area contributed by atoms with E-state index < -0.39 is 6.10 Å². The van der Waals surface area contributed by atoms with Gasteiger partial charge in [-0.1, -0.05) is 43.4 Å². The van der Waals surface area contributed by atoms with Gasteiger partial charge in [0.05, 0.1) is 11.7 Å². The van der Waals surface area contributed by atoms with E-state index in [-0.39, 0.29) is 12.2 Å². The van der Waals surface area contributed by atoms with E-state index in [2.05, 4.69) is 40.6 Å². The van der Waals surface area contributed by atoms with E-state index in [0.29, 0.717) is 40.6 Å². The molecule has 1 aromatic carbocycles. The fraction of sp³-hybridized carbons (Fsp3) is 0.320. The highest BCUT2D eigenvalue weighted by Gasteiger charge is 2.13. The molecule has 1 unspecified atom stereocenters. The predicted molar refractivity (Wildman–Crippen MR) is 129 cm³/mol. The normalized spacial score (nSPS) is 11.9. The average Bonchev–Trinajstić information content (AvgIpc) is 2.80. The zero-order valence-corrected chi connectivity index (χ0v) is 19.1. The maximum atomic E-state index is 12.4. The van der Waals surface area contributed by atoms with Crippen molar-refractivity contribution in [3.8, 4) is 11.8 Å². The van der Waals surface area contributed by atoms with Gasteiger partial charge in [0.1, 0.15) is 11.5 Å². The van der Waals surface area contributed by atoms with Crippen LogP contribution in [0.3, 0.4) is 0 Å². The minimum absolute atomic E-state index is 0.0970. The Morgan fingerprint density at radius 2 is 1.94 bits per heavy atom. The first-order valence-electron chi connectivity index (χ1n) is 10.7. The van der Waals surface area contributed by atoms with Crippen molar-refractivity contribution in [3.63, 3.8) is 0 Å². The Morgan fingerprint density at radius 3 is 2.62 bits per heavy atom. The molecule has 166 valence electrons. The van der Waals surface area contributed by atoms with Crippen molar-refractivity contribution in [2.24, 2.45) is 0 Å². The molecule has 0 radical (unpaired) electrons. The van der Waals surface area contributed by atoms with Gasteiger partial charge in [-0.3, -0.25) is 9.78 Å². The molecule has 3 rings (SSSR count). The third-order valence-electron chi connectivity index (χ3n) is 5.33. The third kappa shape index (κ3) is 6.04. The molecule has 0 saturated carbocycles. The molecule has 0 fully saturated rings. The van der Waals surface area contributed by atoms with Crippen molar-refractivity contribution in [2.45, 2.75) is 32.8 Å². The Bertz CT molecular complexity index is 1140. The summed E-state index contributed by atoms with van der Waals surface area (Å²) < 4.78 is 0. The van der Waals surface area contributed by atoms with Crippen LogP contribution in [0.5, 0.6) is 0 Å². The van der Waals surface area contributed by atoms with Crippen LogP contribution >= 0.6 is 11.6 Å². The summed E-state index contributed by atoms with van der Waals surface area (Å²) in [7, 11) is 0. The highest BCUT2D eigenvalue weighted by molar-refractivity contribution is 6.31. The maximum Gasteiger partial charge on any atom is 0.181 e. The number of nitrogen functional groups attached to an aromatic ring is 1. The van der Waals surface area contributed by atoms with Crippen LogP contribution < -0.4 is 5.73 Å². The van der Waals surface area contributed by atoms with Gasteiger partial charge in [0, 0.05) is 46.7 Å². The van der Waals surface area contributed by atoms with Gasteiger partial charge in [0.25, 0.3) is 0 Å². The lowest BCUT2D eigenvalue weighted by atomic mass is 10.1. The van der Waals surface area contributed by atoms with Gasteiger partial charge < -0.3 is 15.7 Å².